The molecule has 0 spiro atoms. The molecule has 1 unspecified atom stereocenters. The van der Waals surface area contributed by atoms with Gasteiger partial charge in [0.1, 0.15) is 0 Å². The minimum Gasteiger partial charge on any atom is -0.313 e. The van der Waals surface area contributed by atoms with E-state index in [4.69, 9.17) is 0 Å². The van der Waals surface area contributed by atoms with Gasteiger partial charge >= 0.3 is 0 Å². The standard InChI is InChI=1S/C11H24N2O2S/c1-4-11(5-2)13(3)16(14,15)9-10-7-6-8-12-10/h10-12H,4-9H2,1-3H3. The lowest BCUT2D eigenvalue weighted by atomic mass is 10.2. The first-order valence-electron chi connectivity index (χ1n) is 6.20. The quantitative estimate of drug-likeness (QED) is 0.768. The van der Waals surface area contributed by atoms with Crippen LogP contribution >= 0.6 is 0 Å². The number of hydrogen-bond donors (Lipinski definition) is 1. The maximum atomic E-state index is 12.1. The molecule has 0 radical (unpaired) electrons. The fourth-order valence-corrected chi connectivity index (χ4v) is 4.08. The van der Waals surface area contributed by atoms with E-state index in [1.54, 1.807) is 11.4 Å². The molecule has 1 fully saturated rings. The van der Waals surface area contributed by atoms with E-state index < -0.39 is 10.0 Å². The van der Waals surface area contributed by atoms with Gasteiger partial charge in [0.15, 0.2) is 0 Å². The Morgan fingerprint density at radius 1 is 1.38 bits per heavy atom. The van der Waals surface area contributed by atoms with Crippen LogP contribution in [0, 0.1) is 0 Å². The molecule has 1 aliphatic heterocycles. The van der Waals surface area contributed by atoms with E-state index in [9.17, 15) is 8.42 Å². The van der Waals surface area contributed by atoms with E-state index in [1.807, 2.05) is 13.8 Å². The molecule has 5 heteroatoms. The lowest BCUT2D eigenvalue weighted by molar-refractivity contribution is 0.348. The normalized spacial score (nSPS) is 22.2. The van der Waals surface area contributed by atoms with Crippen molar-refractivity contribution in [2.45, 2.75) is 51.6 Å². The lowest BCUT2D eigenvalue weighted by Crippen LogP contribution is -2.42. The summed E-state index contributed by atoms with van der Waals surface area (Å²) in [5.41, 5.74) is 0. The monoisotopic (exact) mass is 248 g/mol. The summed E-state index contributed by atoms with van der Waals surface area (Å²) in [6.07, 6.45) is 3.83. The first kappa shape index (κ1) is 13.9. The van der Waals surface area contributed by atoms with Crippen LogP contribution in [0.15, 0.2) is 0 Å². The molecule has 0 aromatic heterocycles. The summed E-state index contributed by atoms with van der Waals surface area (Å²) in [7, 11) is -1.39. The second-order valence-corrected chi connectivity index (χ2v) is 6.63. The first-order valence-corrected chi connectivity index (χ1v) is 7.81. The molecule has 0 bridgehead atoms. The van der Waals surface area contributed by atoms with Crippen molar-refractivity contribution in [1.29, 1.82) is 0 Å². The molecule has 1 aliphatic rings. The van der Waals surface area contributed by atoms with Gasteiger partial charge in [0, 0.05) is 19.1 Å². The summed E-state index contributed by atoms with van der Waals surface area (Å²) in [6.45, 7) is 5.02. The Balaban J connectivity index is 2.60. The first-order chi connectivity index (χ1) is 7.51. The predicted molar refractivity (Wildman–Crippen MR) is 66.9 cm³/mol. The minimum atomic E-state index is -3.10. The minimum absolute atomic E-state index is 0.145. The molecule has 1 rings (SSSR count). The molecule has 0 aliphatic carbocycles. The van der Waals surface area contributed by atoms with Crippen LogP contribution < -0.4 is 5.32 Å². The van der Waals surface area contributed by atoms with Crippen molar-refractivity contribution >= 4 is 10.0 Å². The van der Waals surface area contributed by atoms with E-state index in [2.05, 4.69) is 5.32 Å². The van der Waals surface area contributed by atoms with Gasteiger partial charge in [-0.1, -0.05) is 13.8 Å². The van der Waals surface area contributed by atoms with Crippen LogP contribution in [0.4, 0.5) is 0 Å². The molecule has 16 heavy (non-hydrogen) atoms. The molecule has 96 valence electrons. The van der Waals surface area contributed by atoms with Gasteiger partial charge in [-0.2, -0.15) is 0 Å². The Hall–Kier alpha value is -0.130. The van der Waals surface area contributed by atoms with Gasteiger partial charge in [0.25, 0.3) is 0 Å². The molecule has 0 aromatic rings. The molecule has 0 amide bonds. The number of nitrogens with zero attached hydrogens (tertiary/aromatic N) is 1. The van der Waals surface area contributed by atoms with E-state index in [0.717, 1.165) is 32.2 Å². The van der Waals surface area contributed by atoms with Crippen molar-refractivity contribution in [2.75, 3.05) is 19.3 Å². The average Bonchev–Trinajstić information content (AvgIpc) is 2.71. The number of hydrogen-bond acceptors (Lipinski definition) is 3. The van der Waals surface area contributed by atoms with Crippen LogP contribution in [0.25, 0.3) is 0 Å². The zero-order chi connectivity index (χ0) is 12.2. The van der Waals surface area contributed by atoms with Crippen LogP contribution in [-0.4, -0.2) is 44.2 Å². The van der Waals surface area contributed by atoms with Gasteiger partial charge in [0.2, 0.25) is 10.0 Å². The van der Waals surface area contributed by atoms with E-state index in [0.29, 0.717) is 0 Å². The predicted octanol–water partition coefficient (Wildman–Crippen LogP) is 1.19. The third kappa shape index (κ3) is 3.43. The second kappa shape index (κ2) is 5.98. The Morgan fingerprint density at radius 3 is 2.44 bits per heavy atom. The summed E-state index contributed by atoms with van der Waals surface area (Å²) in [4.78, 5) is 0. The van der Waals surface area contributed by atoms with Crippen LogP contribution in [0.5, 0.6) is 0 Å². The van der Waals surface area contributed by atoms with Crippen molar-refractivity contribution in [2.24, 2.45) is 0 Å². The Morgan fingerprint density at radius 2 is 2.00 bits per heavy atom. The smallest absolute Gasteiger partial charge is 0.215 e. The number of sulfonamides is 1. The van der Waals surface area contributed by atoms with Crippen LogP contribution in [0.2, 0.25) is 0 Å². The van der Waals surface area contributed by atoms with Crippen molar-refractivity contribution in [3.05, 3.63) is 0 Å². The third-order valence-corrected chi connectivity index (χ3v) is 5.47. The average molecular weight is 248 g/mol. The van der Waals surface area contributed by atoms with Crippen LogP contribution in [-0.2, 0) is 10.0 Å². The number of rotatable bonds is 6. The largest absolute Gasteiger partial charge is 0.313 e. The van der Waals surface area contributed by atoms with Crippen LogP contribution in [0.3, 0.4) is 0 Å². The zero-order valence-electron chi connectivity index (χ0n) is 10.6. The summed E-state index contributed by atoms with van der Waals surface area (Å²) < 4.78 is 25.8. The summed E-state index contributed by atoms with van der Waals surface area (Å²) in [6, 6.07) is 0.299. The maximum absolute atomic E-state index is 12.1. The highest BCUT2D eigenvalue weighted by molar-refractivity contribution is 7.89. The summed E-state index contributed by atoms with van der Waals surface area (Å²) in [5.74, 6) is 0.250. The molecule has 1 atom stereocenters. The Kier molecular flexibility index (Phi) is 5.21. The molecule has 4 nitrogen and oxygen atoms in total. The highest BCUT2D eigenvalue weighted by Gasteiger charge is 2.28. The van der Waals surface area contributed by atoms with Crippen LogP contribution in [0.1, 0.15) is 39.5 Å². The van der Waals surface area contributed by atoms with Crippen molar-refractivity contribution in [3.8, 4) is 0 Å². The van der Waals surface area contributed by atoms with Gasteiger partial charge in [0.05, 0.1) is 5.75 Å². The van der Waals surface area contributed by atoms with Crippen molar-refractivity contribution in [3.63, 3.8) is 0 Å². The molecule has 1 heterocycles. The highest BCUT2D eigenvalue weighted by atomic mass is 32.2. The maximum Gasteiger partial charge on any atom is 0.215 e. The van der Waals surface area contributed by atoms with Gasteiger partial charge in [-0.05, 0) is 32.2 Å². The summed E-state index contributed by atoms with van der Waals surface area (Å²) in [5, 5.41) is 3.24. The van der Waals surface area contributed by atoms with E-state index >= 15 is 0 Å². The second-order valence-electron chi connectivity index (χ2n) is 4.56. The van der Waals surface area contributed by atoms with Gasteiger partial charge in [-0.3, -0.25) is 0 Å². The van der Waals surface area contributed by atoms with E-state index in [1.165, 1.54) is 0 Å². The molecular formula is C11H24N2O2S. The van der Waals surface area contributed by atoms with Crippen molar-refractivity contribution < 1.29 is 8.42 Å². The van der Waals surface area contributed by atoms with Gasteiger partial charge in [-0.15, -0.1) is 0 Å². The van der Waals surface area contributed by atoms with Crippen molar-refractivity contribution in [1.82, 2.24) is 9.62 Å². The topological polar surface area (TPSA) is 49.4 Å². The summed E-state index contributed by atoms with van der Waals surface area (Å²) >= 11 is 0. The van der Waals surface area contributed by atoms with E-state index in [-0.39, 0.29) is 17.8 Å². The molecule has 1 N–H and O–H groups in total. The highest BCUT2D eigenvalue weighted by Crippen LogP contribution is 2.15. The molecule has 0 saturated carbocycles. The fraction of sp³-hybridized carbons (Fsp3) is 1.00. The fourth-order valence-electron chi connectivity index (χ4n) is 2.30. The Bertz CT molecular complexity index is 293. The molecule has 1 saturated heterocycles. The SMILES string of the molecule is CCC(CC)N(C)S(=O)(=O)CC1CCCN1. The lowest BCUT2D eigenvalue weighted by Gasteiger charge is -2.26. The molecule has 0 aromatic carbocycles. The zero-order valence-corrected chi connectivity index (χ0v) is 11.4. The Labute approximate surface area is 99.5 Å². The molecular weight excluding hydrogens is 224 g/mol. The third-order valence-electron chi connectivity index (χ3n) is 3.47. The van der Waals surface area contributed by atoms with Gasteiger partial charge < -0.3 is 5.32 Å². The van der Waals surface area contributed by atoms with Gasteiger partial charge in [-0.25, -0.2) is 12.7 Å². The number of nitrogens with one attached hydrogen (secondary N) is 1.